The average molecular weight is 222 g/mol. The zero-order chi connectivity index (χ0) is 12.1. The molecule has 0 aromatic heterocycles. The fraction of sp³-hybridized carbons (Fsp3) is 0.176. The van der Waals surface area contributed by atoms with E-state index >= 15 is 0 Å². The van der Waals surface area contributed by atoms with Crippen molar-refractivity contribution in [2.75, 3.05) is 0 Å². The van der Waals surface area contributed by atoms with E-state index in [0.29, 0.717) is 0 Å². The van der Waals surface area contributed by atoms with Crippen molar-refractivity contribution in [3.05, 3.63) is 72.3 Å². The molecule has 2 aromatic carbocycles. The van der Waals surface area contributed by atoms with Crippen LogP contribution in [0.4, 0.5) is 0 Å². The molecule has 86 valence electrons. The lowest BCUT2D eigenvalue weighted by Gasteiger charge is -1.98. The van der Waals surface area contributed by atoms with Gasteiger partial charge in [-0.1, -0.05) is 61.5 Å². The molecule has 0 atom stereocenters. The summed E-state index contributed by atoms with van der Waals surface area (Å²) in [6, 6.07) is 17.3. The molecule has 0 spiro atoms. The third-order valence-corrected chi connectivity index (χ3v) is 2.99. The van der Waals surface area contributed by atoms with E-state index in [1.807, 2.05) is 6.08 Å². The average Bonchev–Trinajstić information content (AvgIpc) is 2.77. The summed E-state index contributed by atoms with van der Waals surface area (Å²) in [5.74, 6) is 0. The van der Waals surface area contributed by atoms with Crippen LogP contribution in [0.1, 0.15) is 24.5 Å². The molecule has 1 aliphatic carbocycles. The molecular formula is C17H18. The lowest BCUT2D eigenvalue weighted by atomic mass is 10.1. The first kappa shape index (κ1) is 11.7. The van der Waals surface area contributed by atoms with E-state index in [-0.39, 0.29) is 0 Å². The standard InChI is InChI=1S/C13H10.C4H8/c1-3-7-12-10(5-1)9-11-6-2-4-8-13(11)12;1-3-4-2/h1-8H,9H2;3H,1,4H2,2H3. The van der Waals surface area contributed by atoms with Gasteiger partial charge in [0.1, 0.15) is 0 Å². The van der Waals surface area contributed by atoms with E-state index in [1.54, 1.807) is 0 Å². The minimum atomic E-state index is 1.08. The van der Waals surface area contributed by atoms with Crippen LogP contribution in [-0.2, 0) is 6.42 Å². The van der Waals surface area contributed by atoms with Crippen LogP contribution in [0.25, 0.3) is 11.1 Å². The van der Waals surface area contributed by atoms with Crippen LogP contribution in [0.2, 0.25) is 0 Å². The van der Waals surface area contributed by atoms with Crippen molar-refractivity contribution in [3.63, 3.8) is 0 Å². The van der Waals surface area contributed by atoms with Gasteiger partial charge in [0.25, 0.3) is 0 Å². The number of allylic oxidation sites excluding steroid dienone is 1. The predicted molar refractivity (Wildman–Crippen MR) is 75.2 cm³/mol. The Labute approximate surface area is 104 Å². The van der Waals surface area contributed by atoms with Gasteiger partial charge in [-0.2, -0.15) is 0 Å². The molecule has 2 aromatic rings. The van der Waals surface area contributed by atoms with Gasteiger partial charge in [0, 0.05) is 0 Å². The molecule has 0 N–H and O–H groups in total. The van der Waals surface area contributed by atoms with Gasteiger partial charge in [-0.15, -0.1) is 6.58 Å². The molecule has 17 heavy (non-hydrogen) atoms. The smallest absolute Gasteiger partial charge is 0.00135 e. The summed E-state index contributed by atoms with van der Waals surface area (Å²) in [6.07, 6.45) is 4.06. The Bertz CT molecular complexity index is 465. The maximum Gasteiger partial charge on any atom is -0.00135 e. The topological polar surface area (TPSA) is 0 Å². The quantitative estimate of drug-likeness (QED) is 0.517. The largest absolute Gasteiger partial charge is 0.103 e. The van der Waals surface area contributed by atoms with Crippen LogP contribution < -0.4 is 0 Å². The second-order valence-corrected chi connectivity index (χ2v) is 4.19. The van der Waals surface area contributed by atoms with E-state index < -0.39 is 0 Å². The molecule has 0 amide bonds. The van der Waals surface area contributed by atoms with E-state index in [9.17, 15) is 0 Å². The second-order valence-electron chi connectivity index (χ2n) is 4.19. The minimum Gasteiger partial charge on any atom is -0.103 e. The summed E-state index contributed by atoms with van der Waals surface area (Å²) >= 11 is 0. The predicted octanol–water partition coefficient (Wildman–Crippen LogP) is 4.84. The summed E-state index contributed by atoms with van der Waals surface area (Å²) in [5.41, 5.74) is 5.75. The third-order valence-electron chi connectivity index (χ3n) is 2.99. The molecule has 3 rings (SSSR count). The highest BCUT2D eigenvalue weighted by atomic mass is 14.2. The molecule has 0 fully saturated rings. The maximum atomic E-state index is 3.48. The van der Waals surface area contributed by atoms with Crippen LogP contribution in [-0.4, -0.2) is 0 Å². The molecule has 1 aliphatic rings. The number of benzene rings is 2. The number of fused-ring (bicyclic) bond motifs is 3. The zero-order valence-corrected chi connectivity index (χ0v) is 10.3. The van der Waals surface area contributed by atoms with Crippen molar-refractivity contribution < 1.29 is 0 Å². The molecule has 0 heterocycles. The fourth-order valence-corrected chi connectivity index (χ4v) is 2.08. The summed E-state index contributed by atoms with van der Waals surface area (Å²) in [7, 11) is 0. The minimum absolute atomic E-state index is 1.08. The first-order valence-corrected chi connectivity index (χ1v) is 6.14. The van der Waals surface area contributed by atoms with Crippen molar-refractivity contribution in [2.24, 2.45) is 0 Å². The van der Waals surface area contributed by atoms with Gasteiger partial charge >= 0.3 is 0 Å². The Morgan fingerprint density at radius 1 is 0.941 bits per heavy atom. The second kappa shape index (κ2) is 5.49. The lowest BCUT2D eigenvalue weighted by Crippen LogP contribution is -1.77. The summed E-state index contributed by atoms with van der Waals surface area (Å²) < 4.78 is 0. The van der Waals surface area contributed by atoms with Crippen LogP contribution in [0.15, 0.2) is 61.2 Å². The molecule has 0 heteroatoms. The van der Waals surface area contributed by atoms with Gasteiger partial charge < -0.3 is 0 Å². The highest BCUT2D eigenvalue weighted by Gasteiger charge is 2.15. The maximum absolute atomic E-state index is 3.48. The Balaban J connectivity index is 0.000000239. The van der Waals surface area contributed by atoms with E-state index in [1.165, 1.54) is 22.3 Å². The van der Waals surface area contributed by atoms with Gasteiger partial charge in [0.15, 0.2) is 0 Å². The monoisotopic (exact) mass is 222 g/mol. The highest BCUT2D eigenvalue weighted by Crippen LogP contribution is 2.35. The summed E-state index contributed by atoms with van der Waals surface area (Å²) in [4.78, 5) is 0. The molecule has 0 radical (unpaired) electrons. The number of hydrogen-bond acceptors (Lipinski definition) is 0. The fourth-order valence-electron chi connectivity index (χ4n) is 2.08. The Kier molecular flexibility index (Phi) is 3.77. The first-order valence-electron chi connectivity index (χ1n) is 6.14. The molecule has 0 unspecified atom stereocenters. The van der Waals surface area contributed by atoms with Gasteiger partial charge in [-0.05, 0) is 35.1 Å². The molecule has 0 aliphatic heterocycles. The summed E-state index contributed by atoms with van der Waals surface area (Å²) in [6.45, 7) is 5.54. The zero-order valence-electron chi connectivity index (χ0n) is 10.3. The van der Waals surface area contributed by atoms with Crippen LogP contribution in [0.3, 0.4) is 0 Å². The summed E-state index contributed by atoms with van der Waals surface area (Å²) in [5, 5.41) is 0. The molecule has 0 bridgehead atoms. The molecular weight excluding hydrogens is 204 g/mol. The van der Waals surface area contributed by atoms with Crippen molar-refractivity contribution in [3.8, 4) is 11.1 Å². The van der Waals surface area contributed by atoms with E-state index in [2.05, 4.69) is 62.0 Å². The van der Waals surface area contributed by atoms with Crippen molar-refractivity contribution in [2.45, 2.75) is 19.8 Å². The van der Waals surface area contributed by atoms with Gasteiger partial charge in [-0.25, -0.2) is 0 Å². The van der Waals surface area contributed by atoms with Crippen LogP contribution in [0.5, 0.6) is 0 Å². The third kappa shape index (κ3) is 2.47. The number of hydrogen-bond donors (Lipinski definition) is 0. The molecule has 0 saturated heterocycles. The number of rotatable bonds is 1. The molecule has 0 saturated carbocycles. The lowest BCUT2D eigenvalue weighted by molar-refractivity contribution is 1.23. The van der Waals surface area contributed by atoms with Gasteiger partial charge in [-0.3, -0.25) is 0 Å². The van der Waals surface area contributed by atoms with Gasteiger partial charge in [0.05, 0.1) is 0 Å². The normalized spacial score (nSPS) is 10.9. The SMILES string of the molecule is C=CCC.c1ccc2c(c1)Cc1ccccc1-2. The van der Waals surface area contributed by atoms with Crippen LogP contribution >= 0.6 is 0 Å². The van der Waals surface area contributed by atoms with Crippen molar-refractivity contribution in [1.82, 2.24) is 0 Å². The van der Waals surface area contributed by atoms with Crippen molar-refractivity contribution >= 4 is 0 Å². The Morgan fingerprint density at radius 2 is 1.35 bits per heavy atom. The highest BCUT2D eigenvalue weighted by molar-refractivity contribution is 5.76. The van der Waals surface area contributed by atoms with Crippen LogP contribution in [0, 0.1) is 0 Å². The Hall–Kier alpha value is -1.82. The first-order chi connectivity index (χ1) is 8.36. The van der Waals surface area contributed by atoms with Gasteiger partial charge in [0.2, 0.25) is 0 Å². The molecule has 0 nitrogen and oxygen atoms in total. The Morgan fingerprint density at radius 3 is 1.76 bits per heavy atom. The van der Waals surface area contributed by atoms with E-state index in [4.69, 9.17) is 0 Å². The van der Waals surface area contributed by atoms with Crippen molar-refractivity contribution in [1.29, 1.82) is 0 Å². The van der Waals surface area contributed by atoms with E-state index in [0.717, 1.165) is 12.8 Å².